The SMILES string of the molecule is NCc1cccc(S(=O)(=O)CCOc2cccnc2)c1. The molecule has 0 radical (unpaired) electrons. The number of hydrogen-bond acceptors (Lipinski definition) is 5. The first-order valence-corrected chi connectivity index (χ1v) is 7.81. The number of pyridine rings is 1. The molecule has 0 unspecified atom stereocenters. The van der Waals surface area contributed by atoms with E-state index in [4.69, 9.17) is 10.5 Å². The number of nitrogens with two attached hydrogens (primary N) is 1. The molecule has 0 aliphatic heterocycles. The van der Waals surface area contributed by atoms with Gasteiger partial charge in [0.2, 0.25) is 0 Å². The monoisotopic (exact) mass is 292 g/mol. The van der Waals surface area contributed by atoms with Crippen LogP contribution in [0, 0.1) is 0 Å². The van der Waals surface area contributed by atoms with Gasteiger partial charge in [0.1, 0.15) is 12.4 Å². The Bertz CT molecular complexity index is 657. The lowest BCUT2D eigenvalue weighted by molar-refractivity contribution is 0.339. The molecule has 2 rings (SSSR count). The number of rotatable bonds is 6. The third kappa shape index (κ3) is 3.79. The molecule has 0 aliphatic rings. The average Bonchev–Trinajstić information content (AvgIpc) is 2.48. The van der Waals surface area contributed by atoms with Gasteiger partial charge >= 0.3 is 0 Å². The lowest BCUT2D eigenvalue weighted by Gasteiger charge is -2.07. The number of ether oxygens (including phenoxy) is 1. The van der Waals surface area contributed by atoms with Crippen molar-refractivity contribution in [3.8, 4) is 5.75 Å². The molecule has 0 spiro atoms. The van der Waals surface area contributed by atoms with Crippen molar-refractivity contribution in [2.24, 2.45) is 5.73 Å². The molecule has 106 valence electrons. The molecule has 0 fully saturated rings. The number of sulfone groups is 1. The highest BCUT2D eigenvalue weighted by atomic mass is 32.2. The number of aromatic nitrogens is 1. The van der Waals surface area contributed by atoms with Crippen LogP contribution in [0.1, 0.15) is 5.56 Å². The zero-order valence-electron chi connectivity index (χ0n) is 10.9. The summed E-state index contributed by atoms with van der Waals surface area (Å²) < 4.78 is 29.7. The predicted octanol–water partition coefficient (Wildman–Crippen LogP) is 1.39. The molecule has 5 nitrogen and oxygen atoms in total. The largest absolute Gasteiger partial charge is 0.491 e. The smallest absolute Gasteiger partial charge is 0.181 e. The topological polar surface area (TPSA) is 82.3 Å². The lowest BCUT2D eigenvalue weighted by atomic mass is 10.2. The molecule has 0 bridgehead atoms. The van der Waals surface area contributed by atoms with Gasteiger partial charge in [-0.1, -0.05) is 12.1 Å². The van der Waals surface area contributed by atoms with Crippen molar-refractivity contribution in [2.45, 2.75) is 11.4 Å². The van der Waals surface area contributed by atoms with Gasteiger partial charge in [0.15, 0.2) is 9.84 Å². The molecule has 0 atom stereocenters. The van der Waals surface area contributed by atoms with Crippen LogP contribution in [-0.4, -0.2) is 25.8 Å². The molecule has 0 saturated carbocycles. The Morgan fingerprint density at radius 3 is 2.75 bits per heavy atom. The summed E-state index contributed by atoms with van der Waals surface area (Å²) in [7, 11) is -3.36. The molecular weight excluding hydrogens is 276 g/mol. The highest BCUT2D eigenvalue weighted by Crippen LogP contribution is 2.14. The maximum atomic E-state index is 12.2. The van der Waals surface area contributed by atoms with E-state index in [0.717, 1.165) is 5.56 Å². The summed E-state index contributed by atoms with van der Waals surface area (Å²) in [5.74, 6) is 0.467. The van der Waals surface area contributed by atoms with Gasteiger partial charge in [-0.15, -0.1) is 0 Å². The lowest BCUT2D eigenvalue weighted by Crippen LogP contribution is -2.14. The van der Waals surface area contributed by atoms with Crippen LogP contribution in [-0.2, 0) is 16.4 Å². The maximum Gasteiger partial charge on any atom is 0.181 e. The second kappa shape index (κ2) is 6.49. The fourth-order valence-corrected chi connectivity index (χ4v) is 2.84. The Hall–Kier alpha value is -1.92. The molecule has 1 heterocycles. The second-order valence-corrected chi connectivity index (χ2v) is 6.32. The molecule has 0 amide bonds. The normalized spacial score (nSPS) is 11.2. The summed E-state index contributed by atoms with van der Waals surface area (Å²) in [6, 6.07) is 10.1. The standard InChI is InChI=1S/C14H16N2O3S/c15-10-12-3-1-5-14(9-12)20(17,18)8-7-19-13-4-2-6-16-11-13/h1-6,9,11H,7-8,10,15H2. The van der Waals surface area contributed by atoms with Gasteiger partial charge in [-0.25, -0.2) is 8.42 Å². The Kier molecular flexibility index (Phi) is 4.70. The minimum atomic E-state index is -3.36. The fraction of sp³-hybridized carbons (Fsp3) is 0.214. The molecule has 0 saturated heterocycles. The first-order chi connectivity index (χ1) is 9.62. The van der Waals surface area contributed by atoms with E-state index in [9.17, 15) is 8.42 Å². The van der Waals surface area contributed by atoms with Crippen LogP contribution >= 0.6 is 0 Å². The highest BCUT2D eigenvalue weighted by molar-refractivity contribution is 7.91. The van der Waals surface area contributed by atoms with E-state index in [1.54, 1.807) is 48.8 Å². The third-order valence-electron chi connectivity index (χ3n) is 2.75. The van der Waals surface area contributed by atoms with E-state index in [-0.39, 0.29) is 17.3 Å². The minimum absolute atomic E-state index is 0.0842. The highest BCUT2D eigenvalue weighted by Gasteiger charge is 2.14. The van der Waals surface area contributed by atoms with Crippen LogP contribution in [0.4, 0.5) is 0 Å². The average molecular weight is 292 g/mol. The van der Waals surface area contributed by atoms with Crippen LogP contribution in [0.3, 0.4) is 0 Å². The van der Waals surface area contributed by atoms with E-state index >= 15 is 0 Å². The number of nitrogens with zero attached hydrogens (tertiary/aromatic N) is 1. The van der Waals surface area contributed by atoms with Gasteiger partial charge in [-0.3, -0.25) is 4.98 Å². The van der Waals surface area contributed by atoms with Gasteiger partial charge in [0.25, 0.3) is 0 Å². The van der Waals surface area contributed by atoms with Crippen molar-refractivity contribution >= 4 is 9.84 Å². The summed E-state index contributed by atoms with van der Waals surface area (Å²) in [6.45, 7) is 0.399. The van der Waals surface area contributed by atoms with Crippen molar-refractivity contribution in [2.75, 3.05) is 12.4 Å². The van der Waals surface area contributed by atoms with Gasteiger partial charge in [0, 0.05) is 12.7 Å². The Morgan fingerprint density at radius 1 is 1.20 bits per heavy atom. The molecule has 6 heteroatoms. The quantitative estimate of drug-likeness (QED) is 0.870. The minimum Gasteiger partial charge on any atom is -0.491 e. The molecular formula is C14H16N2O3S. The van der Waals surface area contributed by atoms with Crippen LogP contribution < -0.4 is 10.5 Å². The summed E-state index contributed by atoms with van der Waals surface area (Å²) in [6.07, 6.45) is 3.17. The van der Waals surface area contributed by atoms with Crippen LogP contribution in [0.5, 0.6) is 5.75 Å². The first-order valence-electron chi connectivity index (χ1n) is 6.16. The maximum absolute atomic E-state index is 12.2. The zero-order valence-corrected chi connectivity index (χ0v) is 11.7. The molecule has 2 N–H and O–H groups in total. The van der Waals surface area contributed by atoms with E-state index in [0.29, 0.717) is 12.3 Å². The molecule has 1 aromatic heterocycles. The van der Waals surface area contributed by atoms with Crippen molar-refractivity contribution < 1.29 is 13.2 Å². The van der Waals surface area contributed by atoms with E-state index in [2.05, 4.69) is 4.98 Å². The summed E-state index contributed by atoms with van der Waals surface area (Å²) in [4.78, 5) is 4.17. The van der Waals surface area contributed by atoms with Gasteiger partial charge in [-0.05, 0) is 29.8 Å². The molecule has 1 aromatic carbocycles. The van der Waals surface area contributed by atoms with Gasteiger partial charge in [0.05, 0.1) is 16.8 Å². The summed E-state index contributed by atoms with van der Waals surface area (Å²) in [5, 5.41) is 0. The molecule has 0 aliphatic carbocycles. The first kappa shape index (κ1) is 14.5. The van der Waals surface area contributed by atoms with E-state index < -0.39 is 9.84 Å². The summed E-state index contributed by atoms with van der Waals surface area (Å²) in [5.41, 5.74) is 6.30. The van der Waals surface area contributed by atoms with Gasteiger partial charge in [-0.2, -0.15) is 0 Å². The predicted molar refractivity (Wildman–Crippen MR) is 76.1 cm³/mol. The van der Waals surface area contributed by atoms with Crippen LogP contribution in [0.15, 0.2) is 53.7 Å². The van der Waals surface area contributed by atoms with Crippen molar-refractivity contribution in [1.82, 2.24) is 4.98 Å². The van der Waals surface area contributed by atoms with Crippen LogP contribution in [0.25, 0.3) is 0 Å². The fourth-order valence-electron chi connectivity index (χ4n) is 1.69. The summed E-state index contributed by atoms with van der Waals surface area (Å²) >= 11 is 0. The van der Waals surface area contributed by atoms with E-state index in [1.807, 2.05) is 0 Å². The van der Waals surface area contributed by atoms with Crippen molar-refractivity contribution in [3.05, 3.63) is 54.4 Å². The Labute approximate surface area is 118 Å². The van der Waals surface area contributed by atoms with Crippen molar-refractivity contribution in [1.29, 1.82) is 0 Å². The zero-order chi connectivity index (χ0) is 14.4. The molecule has 20 heavy (non-hydrogen) atoms. The number of benzene rings is 1. The second-order valence-electron chi connectivity index (χ2n) is 4.21. The molecule has 2 aromatic rings. The van der Waals surface area contributed by atoms with E-state index in [1.165, 1.54) is 0 Å². The van der Waals surface area contributed by atoms with Gasteiger partial charge < -0.3 is 10.5 Å². The Balaban J connectivity index is 2.00. The third-order valence-corrected chi connectivity index (χ3v) is 4.42. The van der Waals surface area contributed by atoms with Crippen LogP contribution in [0.2, 0.25) is 0 Å². The van der Waals surface area contributed by atoms with Crippen molar-refractivity contribution in [3.63, 3.8) is 0 Å². The Morgan fingerprint density at radius 2 is 2.05 bits per heavy atom. The number of hydrogen-bond donors (Lipinski definition) is 1.